The van der Waals surface area contributed by atoms with E-state index in [0.29, 0.717) is 10.8 Å². The van der Waals surface area contributed by atoms with E-state index in [9.17, 15) is 9.90 Å². The number of carbonyl (C=O) groups excluding carboxylic acids is 1. The largest absolute Gasteiger partial charge is 0.550 e. The number of phenols is 1. The van der Waals surface area contributed by atoms with Gasteiger partial charge in [-0.2, -0.15) is 0 Å². The van der Waals surface area contributed by atoms with E-state index in [1.54, 1.807) is 29.6 Å². The third-order valence-corrected chi connectivity index (χ3v) is 2.80. The van der Waals surface area contributed by atoms with Crippen LogP contribution in [0.1, 0.15) is 5.69 Å². The number of thiazole rings is 1. The fourth-order valence-corrected chi connectivity index (χ4v) is 1.99. The average Bonchev–Trinajstić information content (AvgIpc) is 2.68. The number of hydrogen-bond donors (Lipinski definition) is 2. The number of phenolic OH excluding ortho intramolecular Hbond substituents is 1. The fraction of sp³-hybridized carbons (Fsp3) is 0.0909. The van der Waals surface area contributed by atoms with E-state index in [1.165, 1.54) is 11.3 Å². The van der Waals surface area contributed by atoms with Crippen LogP contribution in [0.3, 0.4) is 0 Å². The van der Waals surface area contributed by atoms with Gasteiger partial charge in [0.2, 0.25) is 0 Å². The van der Waals surface area contributed by atoms with Crippen LogP contribution in [-0.4, -0.2) is 16.1 Å². The molecule has 0 radical (unpaired) electrons. The quantitative estimate of drug-likeness (QED) is 0.786. The molecular weight excluding hydrogens is 240 g/mol. The zero-order chi connectivity index (χ0) is 12.3. The highest BCUT2D eigenvalue weighted by Gasteiger charge is 2.02. The minimum absolute atomic E-state index is 0.187. The molecule has 0 saturated carbocycles. The first-order chi connectivity index (χ1) is 8.13. The molecule has 0 aliphatic carbocycles. The number of aromatic nitrogens is 1. The molecule has 1 aromatic carbocycles. The van der Waals surface area contributed by atoms with Crippen LogP contribution in [0.25, 0.3) is 0 Å². The molecule has 6 heteroatoms. The monoisotopic (exact) mass is 249 g/mol. The van der Waals surface area contributed by atoms with Crippen molar-refractivity contribution in [3.05, 3.63) is 35.3 Å². The first-order valence-electron chi connectivity index (χ1n) is 4.84. The van der Waals surface area contributed by atoms with E-state index in [-0.39, 0.29) is 12.2 Å². The average molecular weight is 249 g/mol. The summed E-state index contributed by atoms with van der Waals surface area (Å²) >= 11 is 1.31. The van der Waals surface area contributed by atoms with Crippen molar-refractivity contribution >= 4 is 28.1 Å². The molecule has 2 aromatic rings. The molecule has 0 atom stereocenters. The molecule has 1 aromatic heterocycles. The molecule has 0 amide bonds. The highest BCUT2D eigenvalue weighted by atomic mass is 32.1. The normalized spacial score (nSPS) is 10.1. The van der Waals surface area contributed by atoms with Crippen molar-refractivity contribution in [3.8, 4) is 5.75 Å². The second-order valence-electron chi connectivity index (χ2n) is 3.36. The van der Waals surface area contributed by atoms with Gasteiger partial charge in [0.05, 0.1) is 5.69 Å². The van der Waals surface area contributed by atoms with Gasteiger partial charge in [0.25, 0.3) is 0 Å². The number of hydrogen-bond acceptors (Lipinski definition) is 6. The van der Waals surface area contributed by atoms with Gasteiger partial charge in [-0.25, -0.2) is 4.98 Å². The summed E-state index contributed by atoms with van der Waals surface area (Å²) in [5, 5.41) is 24.8. The number of benzene rings is 1. The Morgan fingerprint density at radius 2 is 2.12 bits per heavy atom. The van der Waals surface area contributed by atoms with Crippen LogP contribution in [0.15, 0.2) is 29.6 Å². The molecule has 0 bridgehead atoms. The molecule has 2 rings (SSSR count). The molecule has 1 heterocycles. The lowest BCUT2D eigenvalue weighted by molar-refractivity contribution is -0.304. The summed E-state index contributed by atoms with van der Waals surface area (Å²) in [4.78, 5) is 14.5. The first kappa shape index (κ1) is 11.4. The van der Waals surface area contributed by atoms with Crippen molar-refractivity contribution in [2.45, 2.75) is 6.42 Å². The molecule has 0 spiro atoms. The number of carbonyl (C=O) groups is 1. The number of carboxylic acids is 1. The predicted octanol–water partition coefficient (Wildman–Crippen LogP) is 0.885. The van der Waals surface area contributed by atoms with Gasteiger partial charge in [-0.05, 0) is 24.3 Å². The summed E-state index contributed by atoms with van der Waals surface area (Å²) in [6, 6.07) is 6.51. The molecular formula is C11H9N2O3S-. The number of nitrogens with zero attached hydrogens (tertiary/aromatic N) is 1. The Hall–Kier alpha value is -2.08. The van der Waals surface area contributed by atoms with Crippen LogP contribution in [0.4, 0.5) is 10.8 Å². The van der Waals surface area contributed by atoms with E-state index in [0.717, 1.165) is 5.69 Å². The lowest BCUT2D eigenvalue weighted by atomic mass is 10.3. The summed E-state index contributed by atoms with van der Waals surface area (Å²) in [6.45, 7) is 0. The number of aliphatic carboxylic acids is 1. The van der Waals surface area contributed by atoms with Gasteiger partial charge in [-0.15, -0.1) is 11.3 Å². The van der Waals surface area contributed by atoms with Gasteiger partial charge in [0, 0.05) is 23.5 Å². The molecule has 0 fully saturated rings. The number of anilines is 2. The first-order valence-corrected chi connectivity index (χ1v) is 5.72. The van der Waals surface area contributed by atoms with Crippen LogP contribution >= 0.6 is 11.3 Å². The maximum absolute atomic E-state index is 10.4. The summed E-state index contributed by atoms with van der Waals surface area (Å²) in [7, 11) is 0. The maximum Gasteiger partial charge on any atom is 0.187 e. The number of nitrogens with one attached hydrogen (secondary N) is 1. The van der Waals surface area contributed by atoms with Crippen LogP contribution in [0, 0.1) is 0 Å². The van der Waals surface area contributed by atoms with E-state index in [2.05, 4.69) is 10.3 Å². The topological polar surface area (TPSA) is 85.3 Å². The van der Waals surface area contributed by atoms with Crippen LogP contribution in [0.5, 0.6) is 5.75 Å². The van der Waals surface area contributed by atoms with Crippen LogP contribution < -0.4 is 10.4 Å². The Balaban J connectivity index is 2.06. The standard InChI is InChI=1S/C11H10N2O3S/c14-9-3-1-7(2-4-9)12-11-13-8(6-17-11)5-10(15)16/h1-4,6,14H,5H2,(H,12,13)(H,15,16)/p-1. The highest BCUT2D eigenvalue weighted by Crippen LogP contribution is 2.22. The highest BCUT2D eigenvalue weighted by molar-refractivity contribution is 7.13. The van der Waals surface area contributed by atoms with Crippen LogP contribution in [0.2, 0.25) is 0 Å². The van der Waals surface area contributed by atoms with Gasteiger partial charge in [-0.3, -0.25) is 0 Å². The van der Waals surface area contributed by atoms with Crippen molar-refractivity contribution in [1.82, 2.24) is 4.98 Å². The van der Waals surface area contributed by atoms with Gasteiger partial charge in [0.15, 0.2) is 5.13 Å². The van der Waals surface area contributed by atoms with Crippen molar-refractivity contribution in [3.63, 3.8) is 0 Å². The Morgan fingerprint density at radius 1 is 1.41 bits per heavy atom. The maximum atomic E-state index is 10.4. The molecule has 0 aliphatic rings. The van der Waals surface area contributed by atoms with E-state index < -0.39 is 5.97 Å². The lowest BCUT2D eigenvalue weighted by Crippen LogP contribution is -2.24. The Labute approximate surface area is 101 Å². The zero-order valence-corrected chi connectivity index (χ0v) is 9.53. The SMILES string of the molecule is O=C([O-])Cc1csc(Nc2ccc(O)cc2)n1. The molecule has 0 saturated heterocycles. The van der Waals surface area contributed by atoms with Gasteiger partial charge in [-0.1, -0.05) is 0 Å². The number of carboxylic acid groups (broad SMARTS) is 1. The lowest BCUT2D eigenvalue weighted by Gasteiger charge is -2.02. The third kappa shape index (κ3) is 3.18. The van der Waals surface area contributed by atoms with Crippen molar-refractivity contribution < 1.29 is 15.0 Å². The second-order valence-corrected chi connectivity index (χ2v) is 4.22. The molecule has 0 unspecified atom stereocenters. The van der Waals surface area contributed by atoms with E-state index in [1.807, 2.05) is 0 Å². The summed E-state index contributed by atoms with van der Waals surface area (Å²) in [5.74, 6) is -0.959. The fourth-order valence-electron chi connectivity index (χ4n) is 1.26. The van der Waals surface area contributed by atoms with Crippen molar-refractivity contribution in [2.75, 3.05) is 5.32 Å². The summed E-state index contributed by atoms with van der Waals surface area (Å²) < 4.78 is 0. The molecule has 88 valence electrons. The van der Waals surface area contributed by atoms with Crippen molar-refractivity contribution in [1.29, 1.82) is 0 Å². The molecule has 5 nitrogen and oxygen atoms in total. The zero-order valence-electron chi connectivity index (χ0n) is 8.71. The van der Waals surface area contributed by atoms with E-state index in [4.69, 9.17) is 5.11 Å². The summed E-state index contributed by atoms with van der Waals surface area (Å²) in [5.41, 5.74) is 1.24. The van der Waals surface area contributed by atoms with E-state index >= 15 is 0 Å². The van der Waals surface area contributed by atoms with Gasteiger partial charge >= 0.3 is 0 Å². The molecule has 17 heavy (non-hydrogen) atoms. The van der Waals surface area contributed by atoms with Crippen LogP contribution in [-0.2, 0) is 11.2 Å². The Kier molecular flexibility index (Phi) is 3.24. The Bertz CT molecular complexity index is 522. The third-order valence-electron chi connectivity index (χ3n) is 2.00. The number of rotatable bonds is 4. The molecule has 0 aliphatic heterocycles. The van der Waals surface area contributed by atoms with Gasteiger partial charge in [0.1, 0.15) is 5.75 Å². The Morgan fingerprint density at radius 3 is 2.76 bits per heavy atom. The second kappa shape index (κ2) is 4.84. The van der Waals surface area contributed by atoms with Crippen molar-refractivity contribution in [2.24, 2.45) is 0 Å². The van der Waals surface area contributed by atoms with Gasteiger partial charge < -0.3 is 20.3 Å². The minimum atomic E-state index is -1.15. The molecule has 2 N–H and O–H groups in total. The smallest absolute Gasteiger partial charge is 0.187 e. The number of aromatic hydroxyl groups is 1. The predicted molar refractivity (Wildman–Crippen MR) is 62.2 cm³/mol. The summed E-state index contributed by atoms with van der Waals surface area (Å²) in [6.07, 6.45) is -0.187. The minimum Gasteiger partial charge on any atom is -0.550 e.